The van der Waals surface area contributed by atoms with Gasteiger partial charge in [0.1, 0.15) is 0 Å². The highest BCUT2D eigenvalue weighted by Crippen LogP contribution is 2.45. The zero-order chi connectivity index (χ0) is 21.2. The molecule has 2 atom stereocenters. The molecule has 9 heteroatoms. The first-order chi connectivity index (χ1) is 13.7. The molecule has 0 radical (unpaired) electrons. The highest BCUT2D eigenvalue weighted by Gasteiger charge is 2.51. The number of alkyl halides is 3. The van der Waals surface area contributed by atoms with Crippen LogP contribution in [0.5, 0.6) is 0 Å². The monoisotopic (exact) mass is 410 g/mol. The second kappa shape index (κ2) is 8.11. The molecule has 3 rings (SSSR count). The lowest BCUT2D eigenvalue weighted by Crippen LogP contribution is -2.54. The van der Waals surface area contributed by atoms with Crippen molar-refractivity contribution in [3.63, 3.8) is 0 Å². The number of fused-ring (bicyclic) bond motifs is 1. The van der Waals surface area contributed by atoms with E-state index in [0.29, 0.717) is 45.1 Å². The summed E-state index contributed by atoms with van der Waals surface area (Å²) in [5.74, 6) is 0.208. The molecule has 6 nitrogen and oxygen atoms in total. The van der Waals surface area contributed by atoms with Crippen LogP contribution in [0.1, 0.15) is 24.5 Å². The van der Waals surface area contributed by atoms with E-state index in [4.69, 9.17) is 10.00 Å². The molecule has 29 heavy (non-hydrogen) atoms. The minimum absolute atomic E-state index is 0.157. The largest absolute Gasteiger partial charge is 0.417 e. The number of carbonyl (C=O) groups is 1. The number of hydrogen-bond donors (Lipinski definition) is 1. The van der Waals surface area contributed by atoms with Crippen molar-refractivity contribution in [2.45, 2.75) is 19.5 Å². The molecule has 0 aromatic heterocycles. The topological polar surface area (TPSA) is 68.6 Å². The third kappa shape index (κ3) is 4.13. The zero-order valence-electron chi connectivity index (χ0n) is 16.6. The van der Waals surface area contributed by atoms with Gasteiger partial charge in [0.15, 0.2) is 0 Å². The van der Waals surface area contributed by atoms with Crippen LogP contribution < -0.4 is 10.2 Å². The Morgan fingerprint density at radius 3 is 2.79 bits per heavy atom. The van der Waals surface area contributed by atoms with Gasteiger partial charge >= 0.3 is 12.2 Å². The number of benzene rings is 1. The summed E-state index contributed by atoms with van der Waals surface area (Å²) in [5.41, 5.74) is -1.20. The standard InChI is InChI=1S/C20H25F3N4O2/c1-3-29-13-19-11-26(18(28)25-2)7-6-15(19)10-27(12-19)16-5-4-14(9-24)17(8-16)20(21,22)23/h4-5,8,15H,3,6-7,10-13H2,1-2H3,(H,25,28)/t15-,19+/m0/s1. The minimum Gasteiger partial charge on any atom is -0.381 e. The maximum Gasteiger partial charge on any atom is 0.417 e. The fourth-order valence-electron chi connectivity index (χ4n) is 4.48. The number of hydrogen-bond acceptors (Lipinski definition) is 4. The summed E-state index contributed by atoms with van der Waals surface area (Å²) in [7, 11) is 1.58. The summed E-state index contributed by atoms with van der Waals surface area (Å²) in [5, 5.41) is 11.7. The van der Waals surface area contributed by atoms with E-state index < -0.39 is 11.7 Å². The summed E-state index contributed by atoms with van der Waals surface area (Å²) >= 11 is 0. The van der Waals surface area contributed by atoms with Crippen molar-refractivity contribution in [1.29, 1.82) is 5.26 Å². The molecule has 0 saturated carbocycles. The van der Waals surface area contributed by atoms with Crippen LogP contribution in [0.25, 0.3) is 0 Å². The summed E-state index contributed by atoms with van der Waals surface area (Å²) in [6.45, 7) is 5.06. The molecule has 1 N–H and O–H groups in total. The lowest BCUT2D eigenvalue weighted by Gasteiger charge is -2.43. The van der Waals surface area contributed by atoms with Gasteiger partial charge in [-0.15, -0.1) is 0 Å². The first-order valence-corrected chi connectivity index (χ1v) is 9.65. The predicted molar refractivity (Wildman–Crippen MR) is 101 cm³/mol. The van der Waals surface area contributed by atoms with Crippen LogP contribution in [0.2, 0.25) is 0 Å². The fraction of sp³-hybridized carbons (Fsp3) is 0.600. The van der Waals surface area contributed by atoms with E-state index in [0.717, 1.165) is 12.5 Å². The van der Waals surface area contributed by atoms with Crippen molar-refractivity contribution in [1.82, 2.24) is 10.2 Å². The van der Waals surface area contributed by atoms with Crippen LogP contribution in [0.3, 0.4) is 0 Å². The number of anilines is 1. The van der Waals surface area contributed by atoms with Crippen LogP contribution in [-0.2, 0) is 10.9 Å². The second-order valence-electron chi connectivity index (χ2n) is 7.68. The number of likely N-dealkylation sites (tertiary alicyclic amines) is 1. The molecular formula is C20H25F3N4O2. The van der Waals surface area contributed by atoms with Crippen molar-refractivity contribution in [2.75, 3.05) is 51.3 Å². The van der Waals surface area contributed by atoms with Crippen molar-refractivity contribution in [3.8, 4) is 6.07 Å². The molecule has 2 saturated heterocycles. The van der Waals surface area contributed by atoms with Gasteiger partial charge in [-0.1, -0.05) is 0 Å². The Hall–Kier alpha value is -2.47. The Morgan fingerprint density at radius 2 is 2.17 bits per heavy atom. The highest BCUT2D eigenvalue weighted by atomic mass is 19.4. The highest BCUT2D eigenvalue weighted by molar-refractivity contribution is 5.74. The predicted octanol–water partition coefficient (Wildman–Crippen LogP) is 3.08. The lowest BCUT2D eigenvalue weighted by atomic mass is 9.74. The maximum absolute atomic E-state index is 13.4. The smallest absolute Gasteiger partial charge is 0.381 e. The van der Waals surface area contributed by atoms with E-state index in [1.807, 2.05) is 11.8 Å². The average molecular weight is 410 g/mol. The van der Waals surface area contributed by atoms with E-state index >= 15 is 0 Å². The maximum atomic E-state index is 13.4. The summed E-state index contributed by atoms with van der Waals surface area (Å²) in [4.78, 5) is 15.8. The van der Waals surface area contributed by atoms with Crippen molar-refractivity contribution in [2.24, 2.45) is 11.3 Å². The average Bonchev–Trinajstić information content (AvgIpc) is 3.09. The van der Waals surface area contributed by atoms with E-state index in [-0.39, 0.29) is 22.9 Å². The molecule has 1 aromatic rings. The van der Waals surface area contributed by atoms with E-state index in [2.05, 4.69) is 5.32 Å². The molecule has 0 spiro atoms. The second-order valence-corrected chi connectivity index (χ2v) is 7.68. The van der Waals surface area contributed by atoms with Crippen molar-refractivity contribution in [3.05, 3.63) is 29.3 Å². The number of ether oxygens (including phenoxy) is 1. The van der Waals surface area contributed by atoms with Crippen LogP contribution >= 0.6 is 0 Å². The van der Waals surface area contributed by atoms with Gasteiger partial charge in [-0.2, -0.15) is 18.4 Å². The SMILES string of the molecule is CCOC[C@]12CN(C(=O)NC)CC[C@H]1CN(c1ccc(C#N)c(C(F)(F)F)c1)C2. The Balaban J connectivity index is 1.90. The number of nitrogens with one attached hydrogen (secondary N) is 1. The molecule has 158 valence electrons. The van der Waals surface area contributed by atoms with E-state index in [9.17, 15) is 18.0 Å². The molecule has 2 heterocycles. The summed E-state index contributed by atoms with van der Waals surface area (Å²) in [6, 6.07) is 5.31. The van der Waals surface area contributed by atoms with Gasteiger partial charge < -0.3 is 19.9 Å². The molecule has 0 bridgehead atoms. The van der Waals surface area contributed by atoms with Crippen LogP contribution in [0, 0.1) is 22.7 Å². The molecule has 0 unspecified atom stereocenters. The molecule has 2 aliphatic heterocycles. The normalized spacial score (nSPS) is 24.2. The number of halogens is 3. The van der Waals surface area contributed by atoms with Gasteiger partial charge in [0.05, 0.1) is 23.8 Å². The summed E-state index contributed by atoms with van der Waals surface area (Å²) < 4.78 is 45.9. The quantitative estimate of drug-likeness (QED) is 0.828. The Labute approximate surface area is 168 Å². The third-order valence-electron chi connectivity index (χ3n) is 5.95. The van der Waals surface area contributed by atoms with Gasteiger partial charge in [0, 0.05) is 50.9 Å². The van der Waals surface area contributed by atoms with Crippen LogP contribution in [-0.4, -0.2) is 57.4 Å². The molecule has 2 fully saturated rings. The number of nitrogens with zero attached hydrogens (tertiary/aromatic N) is 3. The van der Waals surface area contributed by atoms with Crippen molar-refractivity contribution < 1.29 is 22.7 Å². The lowest BCUT2D eigenvalue weighted by molar-refractivity contribution is -0.137. The summed E-state index contributed by atoms with van der Waals surface area (Å²) in [6.07, 6.45) is -3.83. The molecule has 2 amide bonds. The van der Waals surface area contributed by atoms with Crippen LogP contribution in [0.4, 0.5) is 23.7 Å². The number of amides is 2. The molecule has 0 aliphatic carbocycles. The van der Waals surface area contributed by atoms with Gasteiger partial charge in [-0.05, 0) is 37.5 Å². The molecule has 1 aromatic carbocycles. The Kier molecular flexibility index (Phi) is 5.94. The zero-order valence-corrected chi connectivity index (χ0v) is 16.6. The first-order valence-electron chi connectivity index (χ1n) is 9.65. The molecular weight excluding hydrogens is 385 g/mol. The van der Waals surface area contributed by atoms with Gasteiger partial charge in [-0.3, -0.25) is 0 Å². The number of nitriles is 1. The number of carbonyl (C=O) groups excluding carboxylic acids is 1. The van der Waals surface area contributed by atoms with Gasteiger partial charge in [0.25, 0.3) is 0 Å². The van der Waals surface area contributed by atoms with E-state index in [1.54, 1.807) is 24.1 Å². The Bertz CT molecular complexity index is 808. The fourth-order valence-corrected chi connectivity index (χ4v) is 4.48. The number of piperidine rings is 1. The van der Waals surface area contributed by atoms with E-state index in [1.165, 1.54) is 6.07 Å². The number of urea groups is 1. The minimum atomic E-state index is -4.59. The number of rotatable bonds is 4. The van der Waals surface area contributed by atoms with Gasteiger partial charge in [-0.25, -0.2) is 4.79 Å². The first kappa shape index (κ1) is 21.2. The third-order valence-corrected chi connectivity index (χ3v) is 5.95. The molecule has 2 aliphatic rings. The Morgan fingerprint density at radius 1 is 1.41 bits per heavy atom. The van der Waals surface area contributed by atoms with Crippen molar-refractivity contribution >= 4 is 11.7 Å². The van der Waals surface area contributed by atoms with Gasteiger partial charge in [0.2, 0.25) is 0 Å². The van der Waals surface area contributed by atoms with Crippen LogP contribution in [0.15, 0.2) is 18.2 Å².